The Hall–Kier alpha value is -1.54. The van der Waals surface area contributed by atoms with E-state index in [1.807, 2.05) is 24.3 Å². The monoisotopic (exact) mass is 270 g/mol. The van der Waals surface area contributed by atoms with Gasteiger partial charge in [0, 0.05) is 12.2 Å². The Bertz CT molecular complexity index is 603. The van der Waals surface area contributed by atoms with E-state index in [0.29, 0.717) is 23.7 Å². The van der Waals surface area contributed by atoms with E-state index in [-0.39, 0.29) is 0 Å². The van der Waals surface area contributed by atoms with Gasteiger partial charge in [-0.25, -0.2) is 0 Å². The molecule has 2 aromatic rings. The Labute approximate surface area is 120 Å². The normalized spacial score (nSPS) is 23.4. The molecule has 0 bridgehead atoms. The van der Waals surface area contributed by atoms with Crippen LogP contribution in [-0.2, 0) is 4.74 Å². The smallest absolute Gasteiger partial charge is 0.119 e. The van der Waals surface area contributed by atoms with Crippen molar-refractivity contribution in [3.05, 3.63) is 42.0 Å². The Kier molecular flexibility index (Phi) is 3.66. The molecule has 0 spiro atoms. The van der Waals surface area contributed by atoms with Gasteiger partial charge in [-0.1, -0.05) is 44.2 Å². The number of phenols is 1. The minimum atomic E-state index is 0.298. The third-order valence-electron chi connectivity index (χ3n) is 4.41. The number of hydrogen-bond acceptors (Lipinski definition) is 2. The molecule has 1 heterocycles. The fraction of sp³-hybridized carbons (Fsp3) is 0.444. The summed E-state index contributed by atoms with van der Waals surface area (Å²) in [7, 11) is 0. The number of hydrogen-bond donors (Lipinski definition) is 1. The van der Waals surface area contributed by atoms with E-state index in [2.05, 4.69) is 26.0 Å². The summed E-state index contributed by atoms with van der Waals surface area (Å²) in [6.07, 6.45) is 2.29. The van der Waals surface area contributed by atoms with E-state index >= 15 is 0 Å². The van der Waals surface area contributed by atoms with Crippen LogP contribution in [0, 0.1) is 5.92 Å². The van der Waals surface area contributed by atoms with Crippen LogP contribution >= 0.6 is 0 Å². The number of fused-ring (bicyclic) bond motifs is 1. The van der Waals surface area contributed by atoms with Crippen molar-refractivity contribution in [2.24, 2.45) is 5.92 Å². The molecule has 0 unspecified atom stereocenters. The zero-order valence-corrected chi connectivity index (χ0v) is 12.2. The molecule has 0 radical (unpaired) electrons. The fourth-order valence-electron chi connectivity index (χ4n) is 3.27. The zero-order valence-electron chi connectivity index (χ0n) is 12.2. The SMILES string of the molecule is CC(C)[C@H]1C[C@@H](c2c(O)ccc3ccccc23)CCO1. The third kappa shape index (κ3) is 2.40. The number of benzene rings is 2. The molecular formula is C18H22O2. The number of rotatable bonds is 2. The van der Waals surface area contributed by atoms with Crippen LogP contribution in [0.15, 0.2) is 36.4 Å². The molecular weight excluding hydrogens is 248 g/mol. The van der Waals surface area contributed by atoms with Crippen LogP contribution in [0.25, 0.3) is 10.8 Å². The largest absolute Gasteiger partial charge is 0.508 e. The Morgan fingerprint density at radius 3 is 2.75 bits per heavy atom. The molecule has 0 aromatic heterocycles. The van der Waals surface area contributed by atoms with E-state index in [1.165, 1.54) is 10.8 Å². The maximum Gasteiger partial charge on any atom is 0.119 e. The molecule has 2 nitrogen and oxygen atoms in total. The van der Waals surface area contributed by atoms with Gasteiger partial charge in [-0.3, -0.25) is 0 Å². The van der Waals surface area contributed by atoms with Crippen molar-refractivity contribution in [3.8, 4) is 5.75 Å². The Balaban J connectivity index is 2.02. The number of ether oxygens (including phenoxy) is 1. The first-order valence-corrected chi connectivity index (χ1v) is 7.49. The highest BCUT2D eigenvalue weighted by Gasteiger charge is 2.28. The van der Waals surface area contributed by atoms with Crippen LogP contribution in [0.5, 0.6) is 5.75 Å². The highest BCUT2D eigenvalue weighted by molar-refractivity contribution is 5.88. The lowest BCUT2D eigenvalue weighted by Crippen LogP contribution is -2.28. The summed E-state index contributed by atoms with van der Waals surface area (Å²) in [5.41, 5.74) is 1.11. The van der Waals surface area contributed by atoms with Gasteiger partial charge in [0.2, 0.25) is 0 Å². The van der Waals surface area contributed by atoms with E-state index in [4.69, 9.17) is 4.74 Å². The number of aromatic hydroxyl groups is 1. The molecule has 3 rings (SSSR count). The lowest BCUT2D eigenvalue weighted by Gasteiger charge is -2.33. The topological polar surface area (TPSA) is 29.5 Å². The molecule has 2 heteroatoms. The standard InChI is InChI=1S/C18H22O2/c1-12(2)17-11-14(9-10-20-17)18-15-6-4-3-5-13(15)7-8-16(18)19/h3-8,12,14,17,19H,9-11H2,1-2H3/t14-,17+/m0/s1. The summed E-state index contributed by atoms with van der Waals surface area (Å²) in [6.45, 7) is 5.20. The summed E-state index contributed by atoms with van der Waals surface area (Å²) in [5, 5.41) is 12.7. The van der Waals surface area contributed by atoms with Crippen molar-refractivity contribution in [3.63, 3.8) is 0 Å². The van der Waals surface area contributed by atoms with Crippen molar-refractivity contribution >= 4 is 10.8 Å². The van der Waals surface area contributed by atoms with Crippen LogP contribution in [0.4, 0.5) is 0 Å². The average Bonchev–Trinajstić information content (AvgIpc) is 2.47. The summed E-state index contributed by atoms with van der Waals surface area (Å²) >= 11 is 0. The number of phenolic OH excluding ortho intramolecular Hbond substituents is 1. The van der Waals surface area contributed by atoms with Crippen molar-refractivity contribution in [2.45, 2.75) is 38.7 Å². The van der Waals surface area contributed by atoms with Gasteiger partial charge in [0.15, 0.2) is 0 Å². The van der Waals surface area contributed by atoms with E-state index in [0.717, 1.165) is 25.0 Å². The quantitative estimate of drug-likeness (QED) is 0.872. The van der Waals surface area contributed by atoms with E-state index in [1.54, 1.807) is 0 Å². The lowest BCUT2D eigenvalue weighted by atomic mass is 9.83. The molecule has 0 amide bonds. The molecule has 2 atom stereocenters. The summed E-state index contributed by atoms with van der Waals surface area (Å²) in [6, 6.07) is 12.1. The Morgan fingerprint density at radius 2 is 1.95 bits per heavy atom. The van der Waals surface area contributed by atoms with Gasteiger partial charge in [-0.15, -0.1) is 0 Å². The second kappa shape index (κ2) is 5.45. The molecule has 1 aliphatic rings. The van der Waals surface area contributed by atoms with Gasteiger partial charge >= 0.3 is 0 Å². The van der Waals surface area contributed by atoms with Gasteiger partial charge < -0.3 is 9.84 Å². The highest BCUT2D eigenvalue weighted by Crippen LogP contribution is 2.40. The van der Waals surface area contributed by atoms with Crippen LogP contribution in [-0.4, -0.2) is 17.8 Å². The molecule has 1 aliphatic heterocycles. The first kappa shape index (κ1) is 13.4. The van der Waals surface area contributed by atoms with Crippen molar-refractivity contribution < 1.29 is 9.84 Å². The van der Waals surface area contributed by atoms with Crippen LogP contribution in [0.1, 0.15) is 38.2 Å². The first-order valence-electron chi connectivity index (χ1n) is 7.49. The fourth-order valence-corrected chi connectivity index (χ4v) is 3.27. The van der Waals surface area contributed by atoms with Crippen molar-refractivity contribution in [2.75, 3.05) is 6.61 Å². The van der Waals surface area contributed by atoms with Crippen LogP contribution < -0.4 is 0 Å². The van der Waals surface area contributed by atoms with Crippen LogP contribution in [0.2, 0.25) is 0 Å². The zero-order chi connectivity index (χ0) is 14.1. The molecule has 106 valence electrons. The Morgan fingerprint density at radius 1 is 1.15 bits per heavy atom. The summed E-state index contributed by atoms with van der Waals surface area (Å²) in [5.74, 6) is 1.34. The molecule has 20 heavy (non-hydrogen) atoms. The van der Waals surface area contributed by atoms with Gasteiger partial charge in [-0.05, 0) is 41.5 Å². The molecule has 1 N–H and O–H groups in total. The van der Waals surface area contributed by atoms with Gasteiger partial charge in [0.25, 0.3) is 0 Å². The minimum Gasteiger partial charge on any atom is -0.508 e. The van der Waals surface area contributed by atoms with Gasteiger partial charge in [-0.2, -0.15) is 0 Å². The predicted molar refractivity (Wildman–Crippen MR) is 82.2 cm³/mol. The maximum absolute atomic E-state index is 10.3. The molecule has 1 fully saturated rings. The maximum atomic E-state index is 10.3. The van der Waals surface area contributed by atoms with Crippen molar-refractivity contribution in [1.82, 2.24) is 0 Å². The predicted octanol–water partition coefficient (Wildman–Crippen LogP) is 4.46. The summed E-state index contributed by atoms with van der Waals surface area (Å²) in [4.78, 5) is 0. The molecule has 0 saturated carbocycles. The van der Waals surface area contributed by atoms with E-state index < -0.39 is 0 Å². The summed E-state index contributed by atoms with van der Waals surface area (Å²) < 4.78 is 5.86. The average molecular weight is 270 g/mol. The van der Waals surface area contributed by atoms with Crippen molar-refractivity contribution in [1.29, 1.82) is 0 Å². The van der Waals surface area contributed by atoms with Gasteiger partial charge in [0.1, 0.15) is 5.75 Å². The highest BCUT2D eigenvalue weighted by atomic mass is 16.5. The second-order valence-electron chi connectivity index (χ2n) is 6.09. The second-order valence-corrected chi connectivity index (χ2v) is 6.09. The van der Waals surface area contributed by atoms with E-state index in [9.17, 15) is 5.11 Å². The molecule has 2 aromatic carbocycles. The third-order valence-corrected chi connectivity index (χ3v) is 4.41. The first-order chi connectivity index (χ1) is 9.66. The molecule has 1 saturated heterocycles. The lowest BCUT2D eigenvalue weighted by molar-refractivity contribution is -0.0201. The molecule has 0 aliphatic carbocycles. The minimum absolute atomic E-state index is 0.298. The van der Waals surface area contributed by atoms with Crippen LogP contribution in [0.3, 0.4) is 0 Å². The van der Waals surface area contributed by atoms with Gasteiger partial charge in [0.05, 0.1) is 6.10 Å².